The van der Waals surface area contributed by atoms with E-state index in [9.17, 15) is 9.18 Å². The molecule has 7 heteroatoms. The molecule has 0 fully saturated rings. The minimum Gasteiger partial charge on any atom is -0.382 e. The molecule has 1 heterocycles. The molecule has 4 N–H and O–H groups in total. The van der Waals surface area contributed by atoms with E-state index >= 15 is 0 Å². The van der Waals surface area contributed by atoms with Crippen molar-refractivity contribution in [3.05, 3.63) is 35.0 Å². The van der Waals surface area contributed by atoms with Gasteiger partial charge in [-0.05, 0) is 18.2 Å². The molecule has 1 aromatic carbocycles. The summed E-state index contributed by atoms with van der Waals surface area (Å²) in [4.78, 5) is 16.2. The van der Waals surface area contributed by atoms with Gasteiger partial charge in [-0.15, -0.1) is 0 Å². The number of halogens is 1. The van der Waals surface area contributed by atoms with Gasteiger partial charge < -0.3 is 16.4 Å². The average molecular weight is 266 g/mol. The summed E-state index contributed by atoms with van der Waals surface area (Å²) in [5.41, 5.74) is 6.00. The predicted octanol–water partition coefficient (Wildman–Crippen LogP) is 2.16. The van der Waals surface area contributed by atoms with E-state index in [1.165, 1.54) is 18.2 Å². The highest BCUT2D eigenvalue weighted by atomic mass is 32.1. The number of thiazole rings is 1. The number of anilines is 3. The van der Waals surface area contributed by atoms with Gasteiger partial charge in [-0.1, -0.05) is 17.4 Å². The highest BCUT2D eigenvalue weighted by molar-refractivity contribution is 7.18. The van der Waals surface area contributed by atoms with Gasteiger partial charge in [0.15, 0.2) is 5.13 Å². The first-order chi connectivity index (χ1) is 8.60. The zero-order chi connectivity index (χ0) is 13.1. The number of nitrogens with two attached hydrogens (primary N) is 1. The van der Waals surface area contributed by atoms with Crippen LogP contribution < -0.4 is 16.4 Å². The van der Waals surface area contributed by atoms with Gasteiger partial charge in [0.1, 0.15) is 16.5 Å². The Labute approximate surface area is 107 Å². The van der Waals surface area contributed by atoms with Crippen LogP contribution in [0.1, 0.15) is 9.67 Å². The zero-order valence-corrected chi connectivity index (χ0v) is 10.3. The molecule has 0 spiro atoms. The maximum absolute atomic E-state index is 13.0. The highest BCUT2D eigenvalue weighted by Gasteiger charge is 2.15. The number of carbonyl (C=O) groups excluding carboxylic acids is 1. The first-order valence-electron chi connectivity index (χ1n) is 5.11. The first kappa shape index (κ1) is 12.3. The van der Waals surface area contributed by atoms with Crippen LogP contribution in [0.5, 0.6) is 0 Å². The molecule has 94 valence electrons. The van der Waals surface area contributed by atoms with E-state index in [0.717, 1.165) is 11.3 Å². The van der Waals surface area contributed by atoms with Gasteiger partial charge in [0.25, 0.3) is 5.91 Å². The van der Waals surface area contributed by atoms with Crippen LogP contribution in [0.2, 0.25) is 0 Å². The van der Waals surface area contributed by atoms with Crippen molar-refractivity contribution < 1.29 is 9.18 Å². The van der Waals surface area contributed by atoms with E-state index in [-0.39, 0.29) is 5.82 Å². The van der Waals surface area contributed by atoms with Crippen LogP contribution in [0.15, 0.2) is 24.3 Å². The average Bonchev–Trinajstić information content (AvgIpc) is 2.70. The van der Waals surface area contributed by atoms with Crippen molar-refractivity contribution in [1.82, 2.24) is 4.98 Å². The van der Waals surface area contributed by atoms with Crippen LogP contribution in [-0.2, 0) is 0 Å². The van der Waals surface area contributed by atoms with Crippen LogP contribution in [0, 0.1) is 5.82 Å². The Morgan fingerprint density at radius 1 is 1.50 bits per heavy atom. The summed E-state index contributed by atoms with van der Waals surface area (Å²) < 4.78 is 13.0. The third kappa shape index (κ3) is 2.57. The number of hydrogen-bond acceptors (Lipinski definition) is 5. The molecule has 0 atom stereocenters. The lowest BCUT2D eigenvalue weighted by atomic mass is 10.3. The van der Waals surface area contributed by atoms with E-state index in [4.69, 9.17) is 5.73 Å². The molecule has 2 aromatic rings. The third-order valence-corrected chi connectivity index (χ3v) is 3.24. The smallest absolute Gasteiger partial charge is 0.269 e. The van der Waals surface area contributed by atoms with E-state index in [2.05, 4.69) is 15.6 Å². The minimum absolute atomic E-state index is 0.151. The molecule has 0 unspecified atom stereocenters. The number of hydrogen-bond donors (Lipinski definition) is 3. The van der Waals surface area contributed by atoms with Gasteiger partial charge in [-0.3, -0.25) is 4.79 Å². The molecule has 1 aromatic heterocycles. The molecule has 0 radical (unpaired) electrons. The zero-order valence-electron chi connectivity index (χ0n) is 9.53. The van der Waals surface area contributed by atoms with E-state index in [0.29, 0.717) is 15.7 Å². The molecule has 18 heavy (non-hydrogen) atoms. The Hall–Kier alpha value is -2.15. The molecule has 0 bridgehead atoms. The fraction of sp³-hybridized carbons (Fsp3) is 0.0909. The lowest BCUT2D eigenvalue weighted by molar-refractivity contribution is 0.103. The second-order valence-electron chi connectivity index (χ2n) is 3.45. The summed E-state index contributed by atoms with van der Waals surface area (Å²) >= 11 is 1.14. The molecule has 0 aliphatic heterocycles. The Morgan fingerprint density at radius 3 is 2.89 bits per heavy atom. The molecule has 0 aliphatic rings. The minimum atomic E-state index is -0.416. The second kappa shape index (κ2) is 5.01. The van der Waals surface area contributed by atoms with Crippen LogP contribution in [0.4, 0.5) is 21.0 Å². The van der Waals surface area contributed by atoms with Crippen LogP contribution in [0.3, 0.4) is 0 Å². The Kier molecular flexibility index (Phi) is 3.42. The summed E-state index contributed by atoms with van der Waals surface area (Å²) in [6, 6.07) is 5.64. The number of carbonyl (C=O) groups is 1. The lowest BCUT2D eigenvalue weighted by Crippen LogP contribution is -2.12. The van der Waals surface area contributed by atoms with E-state index < -0.39 is 11.7 Å². The Balaban J connectivity index is 2.19. The fourth-order valence-corrected chi connectivity index (χ4v) is 2.09. The highest BCUT2D eigenvalue weighted by Crippen LogP contribution is 2.25. The van der Waals surface area contributed by atoms with Gasteiger partial charge in [-0.2, -0.15) is 0 Å². The van der Waals surface area contributed by atoms with Gasteiger partial charge in [0.05, 0.1) is 0 Å². The fourth-order valence-electron chi connectivity index (χ4n) is 1.36. The number of aromatic nitrogens is 1. The first-order valence-corrected chi connectivity index (χ1v) is 5.93. The predicted molar refractivity (Wildman–Crippen MR) is 70.4 cm³/mol. The number of nitrogens with zero attached hydrogens (tertiary/aromatic N) is 1. The number of nitrogens with one attached hydrogen (secondary N) is 2. The molecule has 5 nitrogen and oxygen atoms in total. The maximum atomic E-state index is 13.0. The van der Waals surface area contributed by atoms with E-state index in [1.807, 2.05) is 0 Å². The largest absolute Gasteiger partial charge is 0.382 e. The Bertz CT molecular complexity index is 584. The molecule has 2 rings (SSSR count). The summed E-state index contributed by atoms with van der Waals surface area (Å²) in [5, 5.41) is 5.92. The lowest BCUT2D eigenvalue weighted by Gasteiger charge is -2.03. The summed E-state index contributed by atoms with van der Waals surface area (Å²) in [7, 11) is 1.69. The van der Waals surface area contributed by atoms with Crippen LogP contribution in [-0.4, -0.2) is 17.9 Å². The molecule has 1 amide bonds. The topological polar surface area (TPSA) is 80.0 Å². The van der Waals surface area contributed by atoms with Crippen molar-refractivity contribution in [1.29, 1.82) is 0 Å². The van der Waals surface area contributed by atoms with Gasteiger partial charge in [0.2, 0.25) is 0 Å². The van der Waals surface area contributed by atoms with Crippen molar-refractivity contribution in [2.45, 2.75) is 0 Å². The monoisotopic (exact) mass is 266 g/mol. The summed E-state index contributed by atoms with van der Waals surface area (Å²) in [6.07, 6.45) is 0. The van der Waals surface area contributed by atoms with E-state index in [1.54, 1.807) is 13.1 Å². The quantitative estimate of drug-likeness (QED) is 0.795. The van der Waals surface area contributed by atoms with Gasteiger partial charge >= 0.3 is 0 Å². The number of amides is 1. The van der Waals surface area contributed by atoms with Crippen molar-refractivity contribution >= 4 is 33.9 Å². The van der Waals surface area contributed by atoms with Crippen molar-refractivity contribution in [3.63, 3.8) is 0 Å². The summed E-state index contributed by atoms with van der Waals surface area (Å²) in [5.74, 6) is -0.670. The number of benzene rings is 1. The molecular formula is C11H11FN4OS. The number of nitrogen functional groups attached to an aromatic ring is 1. The Morgan fingerprint density at radius 2 is 2.28 bits per heavy atom. The van der Waals surface area contributed by atoms with Crippen molar-refractivity contribution in [2.24, 2.45) is 0 Å². The van der Waals surface area contributed by atoms with Crippen LogP contribution >= 0.6 is 11.3 Å². The molecule has 0 saturated carbocycles. The normalized spacial score (nSPS) is 10.1. The second-order valence-corrected chi connectivity index (χ2v) is 4.45. The third-order valence-electron chi connectivity index (χ3n) is 2.16. The van der Waals surface area contributed by atoms with Crippen molar-refractivity contribution in [3.8, 4) is 0 Å². The van der Waals surface area contributed by atoms with Gasteiger partial charge in [0, 0.05) is 12.7 Å². The molecule has 0 aliphatic carbocycles. The molecular weight excluding hydrogens is 255 g/mol. The van der Waals surface area contributed by atoms with Crippen molar-refractivity contribution in [2.75, 3.05) is 23.4 Å². The summed E-state index contributed by atoms with van der Waals surface area (Å²) in [6.45, 7) is 0. The molecule has 0 saturated heterocycles. The maximum Gasteiger partial charge on any atom is 0.269 e. The number of rotatable bonds is 3. The van der Waals surface area contributed by atoms with Crippen LogP contribution in [0.25, 0.3) is 0 Å². The standard InChI is InChI=1S/C11H11FN4OS/c1-14-11-16-9(13)8(18-11)10(17)15-7-4-2-3-6(12)5-7/h2-5H,13H2,1H3,(H,14,16)(H,15,17). The van der Waals surface area contributed by atoms with Gasteiger partial charge in [-0.25, -0.2) is 9.37 Å². The SMILES string of the molecule is CNc1nc(N)c(C(=O)Nc2cccc(F)c2)s1.